The van der Waals surface area contributed by atoms with E-state index in [0.717, 1.165) is 21.9 Å². The molecule has 0 atom stereocenters. The van der Waals surface area contributed by atoms with Gasteiger partial charge in [0.2, 0.25) is 0 Å². The highest BCUT2D eigenvalue weighted by Gasteiger charge is 2.46. The molecule has 1 rings (SSSR count). The van der Waals surface area contributed by atoms with Crippen LogP contribution in [0.1, 0.15) is 19.8 Å². The second kappa shape index (κ2) is 8.37. The van der Waals surface area contributed by atoms with Crippen molar-refractivity contribution in [1.82, 2.24) is 0 Å². The molecule has 0 amide bonds. The van der Waals surface area contributed by atoms with E-state index in [1.54, 1.807) is 0 Å². The molecule has 25 heavy (non-hydrogen) atoms. The number of halogens is 6. The Balaban J connectivity index is 0.000000496. The molecule has 0 radical (unpaired) electrons. The van der Waals surface area contributed by atoms with E-state index in [9.17, 15) is 43.2 Å². The predicted octanol–water partition coefficient (Wildman–Crippen LogP) is 2.28. The van der Waals surface area contributed by atoms with E-state index in [0.29, 0.717) is 0 Å². The fourth-order valence-corrected chi connectivity index (χ4v) is 3.46. The Morgan fingerprint density at radius 1 is 0.920 bits per heavy atom. The predicted molar refractivity (Wildman–Crippen MR) is 75.0 cm³/mol. The molecule has 1 aliphatic heterocycles. The average molecular weight is 424 g/mol. The summed E-state index contributed by atoms with van der Waals surface area (Å²) in [5.74, 6) is 0. The molecule has 0 aromatic carbocycles. The standard InChI is InChI=1S/C8H18NO.C2F6NO4S2/c1-3-10-8-9(2)6-4-5-7-9;3-1(4,5)14(10,11)9-15(12,13)2(6,7)8/h3-8H2,1-2H3;/q+1;-1. The highest BCUT2D eigenvalue weighted by atomic mass is 32.3. The maximum absolute atomic E-state index is 11.4. The van der Waals surface area contributed by atoms with Crippen molar-refractivity contribution in [2.75, 3.05) is 33.5 Å². The van der Waals surface area contributed by atoms with E-state index in [1.807, 2.05) is 0 Å². The van der Waals surface area contributed by atoms with Gasteiger partial charge < -0.3 is 13.3 Å². The van der Waals surface area contributed by atoms with Crippen LogP contribution in [0.5, 0.6) is 0 Å². The monoisotopic (exact) mass is 424 g/mol. The van der Waals surface area contributed by atoms with E-state index in [2.05, 4.69) is 14.0 Å². The van der Waals surface area contributed by atoms with Gasteiger partial charge in [-0.05, 0) is 6.92 Å². The van der Waals surface area contributed by atoms with E-state index < -0.39 is 31.1 Å². The second-order valence-corrected chi connectivity index (χ2v) is 8.73. The zero-order chi connectivity index (χ0) is 20.2. The summed E-state index contributed by atoms with van der Waals surface area (Å²) in [6, 6.07) is 0. The molecule has 0 bridgehead atoms. The van der Waals surface area contributed by atoms with Crippen LogP contribution in [0.25, 0.3) is 4.13 Å². The number of hydrogen-bond acceptors (Lipinski definition) is 5. The Morgan fingerprint density at radius 3 is 1.56 bits per heavy atom. The molecule has 1 heterocycles. The molecule has 152 valence electrons. The maximum Gasteiger partial charge on any atom is 0.480 e. The SMILES string of the molecule is CCOC[N+]1(C)CCCC1.O=S(=O)([N-]S(=O)(=O)C(F)(F)F)C(F)(F)F. The lowest BCUT2D eigenvalue weighted by Crippen LogP contribution is -2.42. The van der Waals surface area contributed by atoms with Crippen LogP contribution in [0.3, 0.4) is 0 Å². The van der Waals surface area contributed by atoms with Crippen LogP contribution in [-0.4, -0.2) is 65.8 Å². The Morgan fingerprint density at radius 2 is 1.28 bits per heavy atom. The largest absolute Gasteiger partial charge is 0.480 e. The molecule has 0 unspecified atom stereocenters. The van der Waals surface area contributed by atoms with Crippen LogP contribution in [0, 0.1) is 0 Å². The third-order valence-electron chi connectivity index (χ3n) is 3.03. The molecular formula is C10H18F6N2O5S2. The zero-order valence-electron chi connectivity index (χ0n) is 13.3. The fraction of sp³-hybridized carbons (Fsp3) is 1.00. The molecule has 1 fully saturated rings. The molecular weight excluding hydrogens is 406 g/mol. The van der Waals surface area contributed by atoms with Gasteiger partial charge in [0.15, 0.2) is 26.8 Å². The lowest BCUT2D eigenvalue weighted by atomic mass is 10.4. The molecule has 0 aliphatic carbocycles. The van der Waals surface area contributed by atoms with E-state index in [4.69, 9.17) is 4.74 Å². The summed E-state index contributed by atoms with van der Waals surface area (Å²) in [6.07, 6.45) is 2.76. The van der Waals surface area contributed by atoms with Gasteiger partial charge >= 0.3 is 11.0 Å². The van der Waals surface area contributed by atoms with Crippen molar-refractivity contribution in [3.63, 3.8) is 0 Å². The molecule has 0 aromatic rings. The quantitative estimate of drug-likeness (QED) is 0.499. The molecule has 7 nitrogen and oxygen atoms in total. The highest BCUT2D eigenvalue weighted by Crippen LogP contribution is 2.36. The van der Waals surface area contributed by atoms with Crippen molar-refractivity contribution >= 4 is 20.0 Å². The minimum Gasteiger partial charge on any atom is -0.421 e. The first kappa shape index (κ1) is 24.4. The van der Waals surface area contributed by atoms with Crippen molar-refractivity contribution < 1.29 is 52.4 Å². The van der Waals surface area contributed by atoms with Gasteiger partial charge in [0.25, 0.3) is 0 Å². The van der Waals surface area contributed by atoms with E-state index in [1.165, 1.54) is 25.9 Å². The molecule has 0 spiro atoms. The maximum atomic E-state index is 11.4. The number of hydrogen-bond donors (Lipinski definition) is 0. The minimum atomic E-state index is -6.72. The third-order valence-corrected chi connectivity index (χ3v) is 5.77. The topological polar surface area (TPSA) is 91.6 Å². The lowest BCUT2D eigenvalue weighted by molar-refractivity contribution is -0.916. The minimum absolute atomic E-state index is 0.778. The summed E-state index contributed by atoms with van der Waals surface area (Å²) in [5.41, 5.74) is -12.4. The zero-order valence-corrected chi connectivity index (χ0v) is 14.9. The van der Waals surface area contributed by atoms with Crippen molar-refractivity contribution in [3.8, 4) is 0 Å². The Kier molecular flexibility index (Phi) is 8.15. The summed E-state index contributed by atoms with van der Waals surface area (Å²) in [7, 11) is -11.2. The number of nitrogens with zero attached hydrogens (tertiary/aromatic N) is 2. The van der Waals surface area contributed by atoms with Gasteiger partial charge in [0.1, 0.15) is 0 Å². The smallest absolute Gasteiger partial charge is 0.421 e. The molecule has 15 heteroatoms. The van der Waals surface area contributed by atoms with Gasteiger partial charge in [0, 0.05) is 19.4 Å². The summed E-state index contributed by atoms with van der Waals surface area (Å²) < 4.78 is 116. The van der Waals surface area contributed by atoms with Crippen molar-refractivity contribution in [3.05, 3.63) is 4.13 Å². The van der Waals surface area contributed by atoms with Crippen LogP contribution in [0.15, 0.2) is 0 Å². The van der Waals surface area contributed by atoms with Crippen LogP contribution in [0.4, 0.5) is 26.3 Å². The summed E-state index contributed by atoms with van der Waals surface area (Å²) in [4.78, 5) is 0. The summed E-state index contributed by atoms with van der Waals surface area (Å²) >= 11 is 0. The molecule has 1 aliphatic rings. The normalized spacial score (nSPS) is 18.6. The molecule has 0 saturated carbocycles. The van der Waals surface area contributed by atoms with Crippen LogP contribution >= 0.6 is 0 Å². The highest BCUT2D eigenvalue weighted by molar-refractivity contribution is 8.13. The van der Waals surface area contributed by atoms with Crippen molar-refractivity contribution in [2.45, 2.75) is 30.8 Å². The third kappa shape index (κ3) is 7.64. The van der Waals surface area contributed by atoms with Gasteiger partial charge in [-0.3, -0.25) is 0 Å². The summed E-state index contributed by atoms with van der Waals surface area (Å²) in [6.45, 7) is 6.44. The fourth-order valence-electron chi connectivity index (χ4n) is 1.75. The first-order chi connectivity index (χ1) is 11.0. The number of rotatable bonds is 5. The van der Waals surface area contributed by atoms with Crippen LogP contribution in [-0.2, 0) is 24.8 Å². The van der Waals surface area contributed by atoms with Gasteiger partial charge in [0.05, 0.1) is 20.1 Å². The van der Waals surface area contributed by atoms with Gasteiger partial charge in [-0.25, -0.2) is 16.8 Å². The van der Waals surface area contributed by atoms with Crippen LogP contribution < -0.4 is 0 Å². The second-order valence-electron chi connectivity index (χ2n) is 5.31. The van der Waals surface area contributed by atoms with Crippen molar-refractivity contribution in [2.24, 2.45) is 0 Å². The number of ether oxygens (including phenoxy) is 1. The lowest BCUT2D eigenvalue weighted by Gasteiger charge is -2.27. The van der Waals surface area contributed by atoms with Crippen LogP contribution in [0.2, 0.25) is 0 Å². The Labute approximate surface area is 141 Å². The molecule has 1 saturated heterocycles. The summed E-state index contributed by atoms with van der Waals surface area (Å²) in [5, 5.41) is 0. The number of likely N-dealkylation sites (tertiary alicyclic amines) is 1. The van der Waals surface area contributed by atoms with Gasteiger partial charge in [-0.2, -0.15) is 26.3 Å². The molecule has 0 aromatic heterocycles. The number of sulfonamides is 2. The Bertz CT molecular complexity index is 581. The van der Waals surface area contributed by atoms with Gasteiger partial charge in [-0.1, -0.05) is 0 Å². The first-order valence-electron chi connectivity index (χ1n) is 6.75. The number of quaternary nitrogens is 1. The van der Waals surface area contributed by atoms with E-state index in [-0.39, 0.29) is 0 Å². The van der Waals surface area contributed by atoms with Crippen molar-refractivity contribution in [1.29, 1.82) is 0 Å². The average Bonchev–Trinajstić information content (AvgIpc) is 2.81. The Hall–Kier alpha value is -0.640. The number of alkyl halides is 6. The first-order valence-corrected chi connectivity index (χ1v) is 9.63. The van der Waals surface area contributed by atoms with E-state index >= 15 is 0 Å². The van der Waals surface area contributed by atoms with Gasteiger partial charge in [-0.15, -0.1) is 0 Å². The molecule has 0 N–H and O–H groups in total.